The number of urea groups is 1. The van der Waals surface area contributed by atoms with E-state index in [1.165, 1.54) is 83.5 Å². The minimum absolute atomic E-state index is 0.345. The summed E-state index contributed by atoms with van der Waals surface area (Å²) in [6.07, 6.45) is 20.2. The van der Waals surface area contributed by atoms with Crippen molar-refractivity contribution in [3.63, 3.8) is 0 Å². The molecule has 0 aliphatic heterocycles. The fourth-order valence-electron chi connectivity index (χ4n) is 2.65. The Morgan fingerprint density at radius 2 is 0.875 bits per heavy atom. The third kappa shape index (κ3) is 32.6. The van der Waals surface area contributed by atoms with Crippen LogP contribution < -0.4 is 11.5 Å². The summed E-state index contributed by atoms with van der Waals surface area (Å²) in [6.45, 7) is 2.27. The minimum Gasteiger partial charge on any atom is -0.481 e. The molecule has 0 aromatic heterocycles. The van der Waals surface area contributed by atoms with Crippen LogP contribution in [0, 0.1) is 0 Å². The molecule has 0 fully saturated rings. The van der Waals surface area contributed by atoms with E-state index in [9.17, 15) is 4.79 Å². The van der Waals surface area contributed by atoms with E-state index < -0.39 is 12.0 Å². The fourth-order valence-corrected chi connectivity index (χ4v) is 2.65. The zero-order valence-corrected chi connectivity index (χ0v) is 15.7. The molecule has 0 heterocycles. The van der Waals surface area contributed by atoms with Gasteiger partial charge in [-0.3, -0.25) is 4.79 Å². The predicted octanol–water partition coefficient (Wildman–Crippen LogP) is 5.36. The fraction of sp³-hybridized carbons (Fsp3) is 0.895. The van der Waals surface area contributed by atoms with Gasteiger partial charge in [-0.15, -0.1) is 0 Å². The van der Waals surface area contributed by atoms with Crippen LogP contribution in [0.5, 0.6) is 0 Å². The largest absolute Gasteiger partial charge is 0.481 e. The highest BCUT2D eigenvalue weighted by Crippen LogP contribution is 2.13. The van der Waals surface area contributed by atoms with Crippen molar-refractivity contribution in [2.45, 2.75) is 110 Å². The number of nitrogens with two attached hydrogens (primary N) is 2. The van der Waals surface area contributed by atoms with Crippen LogP contribution in [0.1, 0.15) is 110 Å². The van der Waals surface area contributed by atoms with Crippen LogP contribution in [0.4, 0.5) is 4.79 Å². The Bertz CT molecular complexity index is 280. The van der Waals surface area contributed by atoms with E-state index in [1.807, 2.05) is 0 Å². The number of aliphatic carboxylic acids is 1. The maximum Gasteiger partial charge on any atom is 0.309 e. The van der Waals surface area contributed by atoms with Gasteiger partial charge in [0.1, 0.15) is 0 Å². The summed E-state index contributed by atoms with van der Waals surface area (Å²) in [4.78, 5) is 19.3. The van der Waals surface area contributed by atoms with Crippen molar-refractivity contribution < 1.29 is 14.7 Å². The van der Waals surface area contributed by atoms with Gasteiger partial charge in [0, 0.05) is 6.42 Å². The van der Waals surface area contributed by atoms with Crippen LogP contribution >= 0.6 is 0 Å². The van der Waals surface area contributed by atoms with Crippen LogP contribution in [0.3, 0.4) is 0 Å². The number of carbonyl (C=O) groups excluding carboxylic acids is 1. The van der Waals surface area contributed by atoms with E-state index in [1.54, 1.807) is 0 Å². The summed E-state index contributed by atoms with van der Waals surface area (Å²) in [7, 11) is 0. The normalized spacial score (nSPS) is 10.0. The van der Waals surface area contributed by atoms with E-state index in [2.05, 4.69) is 18.4 Å². The monoisotopic (exact) mass is 344 g/mol. The minimum atomic E-state index is -0.833. The Morgan fingerprint density at radius 1 is 0.625 bits per heavy atom. The van der Waals surface area contributed by atoms with Crippen molar-refractivity contribution in [1.82, 2.24) is 0 Å². The Balaban J connectivity index is 0. The average Bonchev–Trinajstić information content (AvgIpc) is 2.50. The average molecular weight is 345 g/mol. The molecule has 0 unspecified atom stereocenters. The number of amides is 2. The van der Waals surface area contributed by atoms with Gasteiger partial charge in [-0.05, 0) is 6.42 Å². The molecule has 0 saturated heterocycles. The highest BCUT2D eigenvalue weighted by atomic mass is 16.4. The molecule has 24 heavy (non-hydrogen) atoms. The van der Waals surface area contributed by atoms with Gasteiger partial charge in [0.15, 0.2) is 0 Å². The van der Waals surface area contributed by atoms with Crippen molar-refractivity contribution in [2.24, 2.45) is 11.5 Å². The summed E-state index contributed by atoms with van der Waals surface area (Å²) in [5, 5.41) is 8.52. The molecule has 5 nitrogen and oxygen atoms in total. The number of rotatable bonds is 16. The standard InChI is InChI=1S/C18H36O2.CH4N2O/c1-2-3-4-5-6-7-8-9-10-11-12-13-14-15-16-17-18(19)20;2-1(3)4/h2-17H2,1H3,(H,19,20);(H4,2,3,4). The lowest BCUT2D eigenvalue weighted by molar-refractivity contribution is -0.137. The molecule has 0 aliphatic rings. The van der Waals surface area contributed by atoms with Crippen molar-refractivity contribution in [2.75, 3.05) is 0 Å². The number of carbonyl (C=O) groups is 2. The zero-order valence-electron chi connectivity index (χ0n) is 15.7. The van der Waals surface area contributed by atoms with Gasteiger partial charge in [0.05, 0.1) is 0 Å². The van der Waals surface area contributed by atoms with Gasteiger partial charge in [-0.25, -0.2) is 4.79 Å². The molecule has 5 heteroatoms. The lowest BCUT2D eigenvalue weighted by Crippen LogP contribution is -2.18. The number of hydrogen-bond acceptors (Lipinski definition) is 2. The third-order valence-corrected chi connectivity index (χ3v) is 3.99. The lowest BCUT2D eigenvalue weighted by atomic mass is 10.0. The molecule has 144 valence electrons. The van der Waals surface area contributed by atoms with Gasteiger partial charge in [-0.2, -0.15) is 0 Å². The van der Waals surface area contributed by atoms with E-state index in [0.29, 0.717) is 6.42 Å². The number of hydrogen-bond donors (Lipinski definition) is 3. The molecule has 0 bridgehead atoms. The molecule has 5 N–H and O–H groups in total. The highest BCUT2D eigenvalue weighted by Gasteiger charge is 1.97. The molecule has 0 spiro atoms. The topological polar surface area (TPSA) is 106 Å². The molecular weight excluding hydrogens is 304 g/mol. The smallest absolute Gasteiger partial charge is 0.309 e. The predicted molar refractivity (Wildman–Crippen MR) is 101 cm³/mol. The molecule has 2 amide bonds. The first-order chi connectivity index (χ1) is 11.5. The second-order valence-electron chi connectivity index (χ2n) is 6.50. The van der Waals surface area contributed by atoms with Crippen molar-refractivity contribution in [3.8, 4) is 0 Å². The van der Waals surface area contributed by atoms with E-state index in [4.69, 9.17) is 9.90 Å². The Labute approximate surface area is 148 Å². The molecular formula is C19H40N2O3. The summed E-state index contributed by atoms with van der Waals surface area (Å²) in [6, 6.07) is -0.833. The number of carboxylic acids is 1. The Kier molecular flexibility index (Phi) is 22.6. The van der Waals surface area contributed by atoms with E-state index in [0.717, 1.165) is 12.8 Å². The van der Waals surface area contributed by atoms with Crippen LogP contribution in [0.25, 0.3) is 0 Å². The van der Waals surface area contributed by atoms with Gasteiger partial charge in [0.25, 0.3) is 0 Å². The van der Waals surface area contributed by atoms with Crippen molar-refractivity contribution in [3.05, 3.63) is 0 Å². The molecule has 0 aromatic rings. The summed E-state index contributed by atoms with van der Waals surface area (Å²) >= 11 is 0. The molecule has 0 radical (unpaired) electrons. The quantitative estimate of drug-likeness (QED) is 0.328. The van der Waals surface area contributed by atoms with Gasteiger partial charge in [0.2, 0.25) is 0 Å². The molecule has 0 aliphatic carbocycles. The van der Waals surface area contributed by atoms with E-state index in [-0.39, 0.29) is 0 Å². The zero-order chi connectivity index (χ0) is 18.5. The summed E-state index contributed by atoms with van der Waals surface area (Å²) < 4.78 is 0. The van der Waals surface area contributed by atoms with Crippen molar-refractivity contribution >= 4 is 12.0 Å². The Hall–Kier alpha value is -1.26. The van der Waals surface area contributed by atoms with Crippen LogP contribution in [0.2, 0.25) is 0 Å². The summed E-state index contributed by atoms with van der Waals surface area (Å²) in [5.41, 5.74) is 8.50. The van der Waals surface area contributed by atoms with Crippen LogP contribution in [-0.2, 0) is 4.79 Å². The third-order valence-electron chi connectivity index (χ3n) is 3.99. The first-order valence-electron chi connectivity index (χ1n) is 9.77. The Morgan fingerprint density at radius 3 is 1.12 bits per heavy atom. The second-order valence-corrected chi connectivity index (χ2v) is 6.50. The molecule has 0 rings (SSSR count). The maximum atomic E-state index is 10.3. The van der Waals surface area contributed by atoms with Gasteiger partial charge in [-0.1, -0.05) is 96.8 Å². The van der Waals surface area contributed by atoms with E-state index >= 15 is 0 Å². The summed E-state index contributed by atoms with van der Waals surface area (Å²) in [5.74, 6) is -0.653. The molecule has 0 aromatic carbocycles. The molecule has 0 saturated carbocycles. The van der Waals surface area contributed by atoms with Crippen LogP contribution in [0.15, 0.2) is 0 Å². The number of unbranched alkanes of at least 4 members (excludes halogenated alkanes) is 14. The first-order valence-corrected chi connectivity index (χ1v) is 9.77. The van der Waals surface area contributed by atoms with Gasteiger partial charge < -0.3 is 16.6 Å². The highest BCUT2D eigenvalue weighted by molar-refractivity contribution is 5.69. The maximum absolute atomic E-state index is 10.3. The van der Waals surface area contributed by atoms with Crippen LogP contribution in [-0.4, -0.2) is 17.1 Å². The number of primary amides is 2. The first kappa shape index (κ1) is 25.0. The lowest BCUT2D eigenvalue weighted by Gasteiger charge is -2.03. The molecule has 0 atom stereocenters. The van der Waals surface area contributed by atoms with Crippen molar-refractivity contribution in [1.29, 1.82) is 0 Å². The SMILES string of the molecule is CCCCCCCCCCCCCCCCCC(=O)O.NC(N)=O. The number of carboxylic acid groups (broad SMARTS) is 1. The second kappa shape index (κ2) is 21.7. The van der Waals surface area contributed by atoms with Gasteiger partial charge >= 0.3 is 12.0 Å².